The molecule has 3 amide bonds. The molecule has 3 heterocycles. The molecule has 1 N–H and O–H groups in total. The Morgan fingerprint density at radius 2 is 1.50 bits per heavy atom. The van der Waals surface area contributed by atoms with E-state index in [4.69, 9.17) is 0 Å². The van der Waals surface area contributed by atoms with Crippen molar-refractivity contribution in [3.8, 4) is 0 Å². The van der Waals surface area contributed by atoms with Gasteiger partial charge in [-0.1, -0.05) is 25.7 Å². The number of piperidine rings is 2. The largest absolute Gasteiger partial charge is 0.358 e. The molecule has 1 saturated carbocycles. The summed E-state index contributed by atoms with van der Waals surface area (Å²) in [5, 5.41) is 3.20. The Hall–Kier alpha value is -2.57. The van der Waals surface area contributed by atoms with Gasteiger partial charge in [-0.2, -0.15) is 0 Å². The number of hydrogen-bond donors (Lipinski definition) is 1. The van der Waals surface area contributed by atoms with Gasteiger partial charge in [-0.15, -0.1) is 0 Å². The first-order valence-electron chi connectivity index (χ1n) is 13.4. The molecule has 0 aromatic heterocycles. The number of amides is 3. The Morgan fingerprint density at radius 3 is 2.26 bits per heavy atom. The highest BCUT2D eigenvalue weighted by Crippen LogP contribution is 2.40. The van der Waals surface area contributed by atoms with Crippen LogP contribution >= 0.6 is 0 Å². The lowest BCUT2D eigenvalue weighted by atomic mass is 9.95. The van der Waals surface area contributed by atoms with E-state index in [1.165, 1.54) is 19.3 Å². The highest BCUT2D eigenvalue weighted by atomic mass is 16.2. The average molecular weight is 467 g/mol. The van der Waals surface area contributed by atoms with Gasteiger partial charge < -0.3 is 15.1 Å². The van der Waals surface area contributed by atoms with Gasteiger partial charge in [0.2, 0.25) is 11.8 Å². The molecule has 0 unspecified atom stereocenters. The van der Waals surface area contributed by atoms with E-state index in [0.717, 1.165) is 83.1 Å². The molecule has 4 aliphatic rings. The van der Waals surface area contributed by atoms with Crippen LogP contribution in [0.2, 0.25) is 0 Å². The molecule has 1 aliphatic carbocycles. The first kappa shape index (κ1) is 23.2. The Labute approximate surface area is 202 Å². The lowest BCUT2D eigenvalue weighted by Crippen LogP contribution is -2.57. The Morgan fingerprint density at radius 1 is 0.824 bits per heavy atom. The zero-order valence-corrected chi connectivity index (χ0v) is 20.3. The van der Waals surface area contributed by atoms with Crippen molar-refractivity contribution in [3.63, 3.8) is 0 Å². The van der Waals surface area contributed by atoms with E-state index >= 15 is 0 Å². The summed E-state index contributed by atoms with van der Waals surface area (Å²) in [5.74, 6) is -0.0763. The van der Waals surface area contributed by atoms with Crippen molar-refractivity contribution in [2.24, 2.45) is 0 Å². The summed E-state index contributed by atoms with van der Waals surface area (Å²) < 4.78 is 0. The molecule has 7 heteroatoms. The molecule has 0 radical (unpaired) electrons. The van der Waals surface area contributed by atoms with E-state index in [-0.39, 0.29) is 36.3 Å². The molecule has 7 nitrogen and oxygen atoms in total. The van der Waals surface area contributed by atoms with Crippen LogP contribution in [-0.4, -0.2) is 60.9 Å². The van der Waals surface area contributed by atoms with E-state index in [2.05, 4.69) is 10.2 Å². The summed E-state index contributed by atoms with van der Waals surface area (Å²) in [4.78, 5) is 45.6. The second kappa shape index (κ2) is 10.4. The van der Waals surface area contributed by atoms with Crippen LogP contribution in [0.5, 0.6) is 0 Å². The SMILES string of the molecule is O=C(CN1C(=O)[C@@H]2CCCCN2c2ccc(C(=O)N3CCCCC3)cc21)NC1CCCCCC1. The molecule has 2 saturated heterocycles. The van der Waals surface area contributed by atoms with Crippen molar-refractivity contribution in [2.45, 2.75) is 89.1 Å². The second-order valence-corrected chi connectivity index (χ2v) is 10.4. The summed E-state index contributed by atoms with van der Waals surface area (Å²) in [6.07, 6.45) is 12.9. The highest BCUT2D eigenvalue weighted by Gasteiger charge is 2.40. The maximum atomic E-state index is 13.6. The molecule has 0 bridgehead atoms. The number of nitrogens with one attached hydrogen (secondary N) is 1. The van der Waals surface area contributed by atoms with E-state index in [1.54, 1.807) is 4.90 Å². The fraction of sp³-hybridized carbons (Fsp3) is 0.667. The number of carbonyl (C=O) groups is 3. The fourth-order valence-electron chi connectivity index (χ4n) is 6.17. The topological polar surface area (TPSA) is 73.0 Å². The maximum absolute atomic E-state index is 13.6. The zero-order valence-electron chi connectivity index (χ0n) is 20.3. The van der Waals surface area contributed by atoms with Gasteiger partial charge in [0.1, 0.15) is 12.6 Å². The van der Waals surface area contributed by atoms with Gasteiger partial charge in [0, 0.05) is 31.2 Å². The van der Waals surface area contributed by atoms with Crippen molar-refractivity contribution in [1.29, 1.82) is 0 Å². The van der Waals surface area contributed by atoms with Gasteiger partial charge in [-0.25, -0.2) is 0 Å². The molecule has 1 atom stereocenters. The number of hydrogen-bond acceptors (Lipinski definition) is 4. The minimum absolute atomic E-state index is 0.00853. The number of anilines is 2. The molecule has 1 aromatic rings. The average Bonchev–Trinajstić information content (AvgIpc) is 3.15. The summed E-state index contributed by atoms with van der Waals surface area (Å²) in [5.41, 5.74) is 2.29. The third-order valence-corrected chi connectivity index (χ3v) is 8.04. The lowest BCUT2D eigenvalue weighted by Gasteiger charge is -2.45. The van der Waals surface area contributed by atoms with Gasteiger partial charge in [0.05, 0.1) is 11.4 Å². The van der Waals surface area contributed by atoms with E-state index < -0.39 is 0 Å². The van der Waals surface area contributed by atoms with E-state index in [0.29, 0.717) is 11.3 Å². The molecular formula is C27H38N4O3. The summed E-state index contributed by atoms with van der Waals surface area (Å²) in [6.45, 7) is 2.44. The first-order chi connectivity index (χ1) is 16.6. The van der Waals surface area contributed by atoms with Crippen LogP contribution in [0.15, 0.2) is 18.2 Å². The number of benzene rings is 1. The molecule has 0 spiro atoms. The third kappa shape index (κ3) is 4.80. The Balaban J connectivity index is 1.40. The minimum Gasteiger partial charge on any atom is -0.358 e. The molecule has 5 rings (SSSR count). The zero-order chi connectivity index (χ0) is 23.5. The monoisotopic (exact) mass is 466 g/mol. The summed E-state index contributed by atoms with van der Waals surface area (Å²) in [6, 6.07) is 5.74. The van der Waals surface area contributed by atoms with E-state index in [1.807, 2.05) is 23.1 Å². The lowest BCUT2D eigenvalue weighted by molar-refractivity contribution is -0.125. The molecular weight excluding hydrogens is 428 g/mol. The normalized spacial score (nSPS) is 23.7. The van der Waals surface area contributed by atoms with Crippen LogP contribution < -0.4 is 15.1 Å². The van der Waals surface area contributed by atoms with Crippen LogP contribution in [0.1, 0.15) is 87.4 Å². The summed E-state index contributed by atoms with van der Waals surface area (Å²) >= 11 is 0. The predicted octanol–water partition coefficient (Wildman–Crippen LogP) is 3.86. The van der Waals surface area contributed by atoms with Crippen molar-refractivity contribution in [3.05, 3.63) is 23.8 Å². The van der Waals surface area contributed by atoms with Crippen molar-refractivity contribution < 1.29 is 14.4 Å². The van der Waals surface area contributed by atoms with Crippen molar-refractivity contribution in [1.82, 2.24) is 10.2 Å². The molecule has 3 aliphatic heterocycles. The number of carbonyl (C=O) groups excluding carboxylic acids is 3. The molecule has 34 heavy (non-hydrogen) atoms. The number of fused-ring (bicyclic) bond motifs is 3. The fourth-order valence-corrected chi connectivity index (χ4v) is 6.17. The second-order valence-electron chi connectivity index (χ2n) is 10.4. The number of rotatable bonds is 4. The first-order valence-corrected chi connectivity index (χ1v) is 13.4. The van der Waals surface area contributed by atoms with Crippen molar-refractivity contribution in [2.75, 3.05) is 36.0 Å². The van der Waals surface area contributed by atoms with Gasteiger partial charge in [-0.3, -0.25) is 19.3 Å². The molecule has 3 fully saturated rings. The number of nitrogens with zero attached hydrogens (tertiary/aromatic N) is 3. The quantitative estimate of drug-likeness (QED) is 0.684. The third-order valence-electron chi connectivity index (χ3n) is 8.04. The van der Waals surface area contributed by atoms with Crippen LogP contribution in [0.25, 0.3) is 0 Å². The maximum Gasteiger partial charge on any atom is 0.253 e. The summed E-state index contributed by atoms with van der Waals surface area (Å²) in [7, 11) is 0. The van der Waals surface area contributed by atoms with Crippen LogP contribution in [-0.2, 0) is 9.59 Å². The minimum atomic E-state index is -0.212. The van der Waals surface area contributed by atoms with E-state index in [9.17, 15) is 14.4 Å². The van der Waals surface area contributed by atoms with Gasteiger partial charge in [-0.05, 0) is 69.6 Å². The van der Waals surface area contributed by atoms with Gasteiger partial charge in [0.15, 0.2) is 0 Å². The van der Waals surface area contributed by atoms with Crippen molar-refractivity contribution >= 4 is 29.1 Å². The van der Waals surface area contributed by atoms with Crippen LogP contribution in [0.4, 0.5) is 11.4 Å². The molecule has 1 aromatic carbocycles. The van der Waals surface area contributed by atoms with Crippen LogP contribution in [0, 0.1) is 0 Å². The smallest absolute Gasteiger partial charge is 0.253 e. The Kier molecular flexibility index (Phi) is 7.07. The highest BCUT2D eigenvalue weighted by molar-refractivity contribution is 6.09. The van der Waals surface area contributed by atoms with Gasteiger partial charge >= 0.3 is 0 Å². The van der Waals surface area contributed by atoms with Gasteiger partial charge in [0.25, 0.3) is 5.91 Å². The standard InChI is InChI=1S/C27H38N4O3/c32-25(28-21-10-4-1-2-5-11-21)19-31-24-18-20(26(33)29-15-7-3-8-16-29)13-14-22(24)30-17-9-6-12-23(30)27(31)34/h13-14,18,21,23H,1-12,15-17,19H2,(H,28,32)/t23-/m0/s1. The Bertz CT molecular complexity index is 918. The predicted molar refractivity (Wildman–Crippen MR) is 133 cm³/mol. The molecule has 184 valence electrons. The number of likely N-dealkylation sites (tertiary alicyclic amines) is 1. The van der Waals surface area contributed by atoms with Crippen LogP contribution in [0.3, 0.4) is 0 Å².